The Morgan fingerprint density at radius 3 is 3.06 bits per heavy atom. The quantitative estimate of drug-likeness (QED) is 0.788. The van der Waals surface area contributed by atoms with E-state index in [9.17, 15) is 0 Å². The van der Waals surface area contributed by atoms with E-state index >= 15 is 0 Å². The Balaban J connectivity index is 2.20. The summed E-state index contributed by atoms with van der Waals surface area (Å²) in [5.41, 5.74) is 3.96. The zero-order valence-corrected chi connectivity index (χ0v) is 10.3. The summed E-state index contributed by atoms with van der Waals surface area (Å²) in [6, 6.07) is 6.80. The van der Waals surface area contributed by atoms with Crippen molar-refractivity contribution in [3.63, 3.8) is 0 Å². The van der Waals surface area contributed by atoms with Gasteiger partial charge in [-0.3, -0.25) is 0 Å². The van der Waals surface area contributed by atoms with Gasteiger partial charge in [-0.25, -0.2) is 0 Å². The van der Waals surface area contributed by atoms with Gasteiger partial charge >= 0.3 is 0 Å². The van der Waals surface area contributed by atoms with E-state index in [2.05, 4.69) is 29.4 Å². The van der Waals surface area contributed by atoms with Crippen molar-refractivity contribution in [1.29, 1.82) is 0 Å². The Hall–Kier alpha value is -1.48. The molecule has 0 aliphatic carbocycles. The second kappa shape index (κ2) is 4.08. The van der Waals surface area contributed by atoms with E-state index in [1.807, 2.05) is 6.07 Å². The van der Waals surface area contributed by atoms with Gasteiger partial charge in [0, 0.05) is 23.5 Å². The molecular weight excluding hydrogens is 212 g/mol. The van der Waals surface area contributed by atoms with Gasteiger partial charge in [-0.2, -0.15) is 0 Å². The van der Waals surface area contributed by atoms with Crippen LogP contribution in [0.5, 0.6) is 5.75 Å². The van der Waals surface area contributed by atoms with Crippen LogP contribution >= 0.6 is 0 Å². The van der Waals surface area contributed by atoms with Gasteiger partial charge in [0.2, 0.25) is 0 Å². The van der Waals surface area contributed by atoms with Gasteiger partial charge in [-0.05, 0) is 31.5 Å². The number of aromatic amines is 1. The highest BCUT2D eigenvalue weighted by Crippen LogP contribution is 2.31. The fraction of sp³-hybridized carbons (Fsp3) is 0.429. The predicted octanol–water partition coefficient (Wildman–Crippen LogP) is 2.25. The van der Waals surface area contributed by atoms with Crippen molar-refractivity contribution in [3.8, 4) is 5.75 Å². The molecule has 0 spiro atoms. The molecule has 2 heterocycles. The summed E-state index contributed by atoms with van der Waals surface area (Å²) in [7, 11) is 1.73. The van der Waals surface area contributed by atoms with Gasteiger partial charge in [0.1, 0.15) is 5.75 Å². The van der Waals surface area contributed by atoms with Gasteiger partial charge in [0.25, 0.3) is 0 Å². The van der Waals surface area contributed by atoms with Crippen LogP contribution in [0.4, 0.5) is 0 Å². The first-order chi connectivity index (χ1) is 8.29. The molecule has 3 rings (SSSR count). The lowest BCUT2D eigenvalue weighted by atomic mass is 10.1. The maximum Gasteiger partial charge on any atom is 0.142 e. The molecule has 1 aromatic carbocycles. The number of nitrogens with one attached hydrogen (secondary N) is 2. The van der Waals surface area contributed by atoms with E-state index in [4.69, 9.17) is 4.74 Å². The summed E-state index contributed by atoms with van der Waals surface area (Å²) in [5.74, 6) is 0.941. The molecule has 1 aromatic heterocycles. The lowest BCUT2D eigenvalue weighted by Gasteiger charge is -2.08. The average Bonchev–Trinajstić information content (AvgIpc) is 2.56. The van der Waals surface area contributed by atoms with Gasteiger partial charge in [0.05, 0.1) is 12.6 Å². The van der Waals surface area contributed by atoms with Crippen molar-refractivity contribution in [3.05, 3.63) is 29.5 Å². The largest absolute Gasteiger partial charge is 0.495 e. The fourth-order valence-electron chi connectivity index (χ4n) is 2.75. The number of ether oxygens (including phenoxy) is 1. The maximum atomic E-state index is 5.42. The standard InChI is InChI=1S/C14H18N2O/c1-9-8-12-10(6-7-15-9)11-4-3-5-13(17-2)14(11)16-12/h3-5,9,15-16H,6-8H2,1-2H3. The first-order valence-electron chi connectivity index (χ1n) is 6.19. The summed E-state index contributed by atoms with van der Waals surface area (Å²) in [6.07, 6.45) is 2.15. The number of fused-ring (bicyclic) bond motifs is 3. The topological polar surface area (TPSA) is 37.0 Å². The summed E-state index contributed by atoms with van der Waals surface area (Å²) < 4.78 is 5.42. The van der Waals surface area contributed by atoms with Crippen molar-refractivity contribution in [2.24, 2.45) is 0 Å². The van der Waals surface area contributed by atoms with E-state index in [1.165, 1.54) is 16.6 Å². The monoisotopic (exact) mass is 230 g/mol. The van der Waals surface area contributed by atoms with E-state index < -0.39 is 0 Å². The van der Waals surface area contributed by atoms with E-state index in [0.29, 0.717) is 6.04 Å². The molecule has 1 aliphatic heterocycles. The lowest BCUT2D eigenvalue weighted by molar-refractivity contribution is 0.419. The number of hydrogen-bond acceptors (Lipinski definition) is 2. The zero-order chi connectivity index (χ0) is 11.8. The third kappa shape index (κ3) is 1.71. The Morgan fingerprint density at radius 2 is 2.24 bits per heavy atom. The molecule has 0 saturated heterocycles. The molecule has 0 amide bonds. The minimum absolute atomic E-state index is 0.537. The molecule has 2 aromatic rings. The van der Waals surface area contributed by atoms with Crippen LogP contribution in [0.3, 0.4) is 0 Å². The molecule has 3 heteroatoms. The highest BCUT2D eigenvalue weighted by Gasteiger charge is 2.18. The van der Waals surface area contributed by atoms with Gasteiger partial charge in [-0.1, -0.05) is 12.1 Å². The summed E-state index contributed by atoms with van der Waals surface area (Å²) >= 11 is 0. The molecule has 0 radical (unpaired) electrons. The number of methoxy groups -OCH3 is 1. The van der Waals surface area contributed by atoms with Crippen LogP contribution < -0.4 is 10.1 Å². The molecule has 1 aliphatic rings. The molecule has 2 N–H and O–H groups in total. The fourth-order valence-corrected chi connectivity index (χ4v) is 2.75. The Morgan fingerprint density at radius 1 is 1.35 bits per heavy atom. The highest BCUT2D eigenvalue weighted by molar-refractivity contribution is 5.89. The molecule has 0 bridgehead atoms. The van der Waals surface area contributed by atoms with Crippen LogP contribution in [0.1, 0.15) is 18.2 Å². The molecule has 3 nitrogen and oxygen atoms in total. The first kappa shape index (κ1) is 10.7. The summed E-state index contributed by atoms with van der Waals surface area (Å²) in [4.78, 5) is 3.54. The Labute approximate surface area is 101 Å². The third-order valence-corrected chi connectivity index (χ3v) is 3.59. The Kier molecular flexibility index (Phi) is 2.56. The predicted molar refractivity (Wildman–Crippen MR) is 69.7 cm³/mol. The minimum atomic E-state index is 0.537. The molecule has 0 saturated carbocycles. The summed E-state index contributed by atoms with van der Waals surface area (Å²) in [5, 5.41) is 4.83. The number of para-hydroxylation sites is 1. The van der Waals surface area contributed by atoms with Crippen LogP contribution in [0.2, 0.25) is 0 Å². The van der Waals surface area contributed by atoms with Crippen molar-refractivity contribution < 1.29 is 4.74 Å². The van der Waals surface area contributed by atoms with Crippen molar-refractivity contribution in [1.82, 2.24) is 10.3 Å². The number of aromatic nitrogens is 1. The smallest absolute Gasteiger partial charge is 0.142 e. The van der Waals surface area contributed by atoms with Crippen molar-refractivity contribution in [2.45, 2.75) is 25.8 Å². The highest BCUT2D eigenvalue weighted by atomic mass is 16.5. The second-order valence-electron chi connectivity index (χ2n) is 4.77. The van der Waals surface area contributed by atoms with Crippen LogP contribution in [0, 0.1) is 0 Å². The van der Waals surface area contributed by atoms with Crippen LogP contribution in [-0.4, -0.2) is 24.7 Å². The molecule has 17 heavy (non-hydrogen) atoms. The average molecular weight is 230 g/mol. The second-order valence-corrected chi connectivity index (χ2v) is 4.77. The van der Waals surface area contributed by atoms with E-state index in [-0.39, 0.29) is 0 Å². The molecular formula is C14H18N2O. The van der Waals surface area contributed by atoms with Gasteiger partial charge in [0.15, 0.2) is 0 Å². The SMILES string of the molecule is COc1cccc2c3c([nH]c12)CC(C)NCC3. The van der Waals surface area contributed by atoms with Crippen LogP contribution in [-0.2, 0) is 12.8 Å². The zero-order valence-electron chi connectivity index (χ0n) is 10.3. The molecule has 90 valence electrons. The van der Waals surface area contributed by atoms with Crippen molar-refractivity contribution in [2.75, 3.05) is 13.7 Å². The minimum Gasteiger partial charge on any atom is -0.495 e. The van der Waals surface area contributed by atoms with E-state index in [1.54, 1.807) is 7.11 Å². The number of hydrogen-bond donors (Lipinski definition) is 2. The summed E-state index contributed by atoms with van der Waals surface area (Å²) in [6.45, 7) is 3.29. The Bertz CT molecular complexity index is 544. The molecule has 1 atom stereocenters. The maximum absolute atomic E-state index is 5.42. The number of benzene rings is 1. The molecule has 1 unspecified atom stereocenters. The first-order valence-corrected chi connectivity index (χ1v) is 6.19. The van der Waals surface area contributed by atoms with Gasteiger partial charge < -0.3 is 15.0 Å². The van der Waals surface area contributed by atoms with Gasteiger partial charge in [-0.15, -0.1) is 0 Å². The third-order valence-electron chi connectivity index (χ3n) is 3.59. The number of H-pyrrole nitrogens is 1. The normalized spacial score (nSPS) is 20.0. The van der Waals surface area contributed by atoms with Crippen LogP contribution in [0.25, 0.3) is 10.9 Å². The van der Waals surface area contributed by atoms with Crippen LogP contribution in [0.15, 0.2) is 18.2 Å². The van der Waals surface area contributed by atoms with Crippen molar-refractivity contribution >= 4 is 10.9 Å². The van der Waals surface area contributed by atoms with E-state index in [0.717, 1.165) is 30.7 Å². The number of rotatable bonds is 1. The lowest BCUT2D eigenvalue weighted by Crippen LogP contribution is -2.27. The molecule has 0 fully saturated rings.